The van der Waals surface area contributed by atoms with Crippen molar-refractivity contribution in [3.05, 3.63) is 23.3 Å². The minimum atomic E-state index is -0.387. The molecule has 0 aromatic carbocycles. The van der Waals surface area contributed by atoms with Gasteiger partial charge in [0.05, 0.1) is 12.2 Å². The van der Waals surface area contributed by atoms with Gasteiger partial charge in [-0.1, -0.05) is 131 Å². The zero-order chi connectivity index (χ0) is 41.4. The number of aliphatic hydroxyl groups excluding tert-OH is 2. The van der Waals surface area contributed by atoms with E-state index in [1.807, 2.05) is 0 Å². The first-order valence-corrected chi connectivity index (χ1v) is 25.6. The van der Waals surface area contributed by atoms with Crippen LogP contribution >= 0.6 is 0 Å². The van der Waals surface area contributed by atoms with Crippen molar-refractivity contribution in [3.63, 3.8) is 0 Å². The molecule has 6 fully saturated rings. The van der Waals surface area contributed by atoms with Crippen LogP contribution in [-0.4, -0.2) is 34.6 Å². The van der Waals surface area contributed by atoms with E-state index in [0.717, 1.165) is 60.2 Å². The average molecular weight is 803 g/mol. The molecule has 58 heavy (non-hydrogen) atoms. The van der Waals surface area contributed by atoms with Crippen molar-refractivity contribution in [2.45, 2.75) is 222 Å². The van der Waals surface area contributed by atoms with Gasteiger partial charge in [-0.2, -0.15) is 0 Å². The quantitative estimate of drug-likeness (QED) is 0.111. The zero-order valence-electron chi connectivity index (χ0n) is 39.2. The van der Waals surface area contributed by atoms with Gasteiger partial charge in [-0.25, -0.2) is 9.78 Å². The van der Waals surface area contributed by atoms with Crippen LogP contribution in [0, 0.1) is 92.7 Å². The molecule has 0 aromatic heterocycles. The molecule has 0 spiro atoms. The summed E-state index contributed by atoms with van der Waals surface area (Å²) >= 11 is 0. The molecule has 0 aliphatic heterocycles. The molecule has 8 rings (SSSR count). The predicted octanol–water partition coefficient (Wildman–Crippen LogP) is 13.7. The van der Waals surface area contributed by atoms with Crippen molar-refractivity contribution in [2.75, 3.05) is 0 Å². The first-order chi connectivity index (χ1) is 27.5. The lowest BCUT2D eigenvalue weighted by molar-refractivity contribution is -0.397. The van der Waals surface area contributed by atoms with Crippen LogP contribution < -0.4 is 0 Å². The summed E-state index contributed by atoms with van der Waals surface area (Å²) in [5.41, 5.74) is 3.52. The van der Waals surface area contributed by atoms with Gasteiger partial charge in [0.25, 0.3) is 0 Å². The summed E-state index contributed by atoms with van der Waals surface area (Å²) in [7, 11) is 0. The molecule has 18 atom stereocenters. The fourth-order valence-corrected chi connectivity index (χ4v) is 17.8. The van der Waals surface area contributed by atoms with E-state index in [2.05, 4.69) is 81.4 Å². The van der Waals surface area contributed by atoms with E-state index in [1.54, 1.807) is 0 Å². The zero-order valence-corrected chi connectivity index (χ0v) is 39.2. The van der Waals surface area contributed by atoms with Crippen molar-refractivity contribution < 1.29 is 20.0 Å². The molecule has 0 aromatic rings. The maximum atomic E-state index is 11.4. The molecule has 4 nitrogen and oxygen atoms in total. The van der Waals surface area contributed by atoms with Gasteiger partial charge in [0.2, 0.25) is 0 Å². The summed E-state index contributed by atoms with van der Waals surface area (Å²) in [5, 5.41) is 22.8. The van der Waals surface area contributed by atoms with E-state index in [9.17, 15) is 10.2 Å². The lowest BCUT2D eigenvalue weighted by atomic mass is 9.46. The molecule has 0 amide bonds. The van der Waals surface area contributed by atoms with Crippen molar-refractivity contribution in [1.29, 1.82) is 0 Å². The predicted molar refractivity (Wildman–Crippen MR) is 239 cm³/mol. The van der Waals surface area contributed by atoms with Crippen LogP contribution in [0.5, 0.6) is 0 Å². The summed E-state index contributed by atoms with van der Waals surface area (Å²) in [6.45, 7) is 25.1. The maximum absolute atomic E-state index is 11.4. The Labute approximate surface area is 356 Å². The summed E-state index contributed by atoms with van der Waals surface area (Å²) in [6, 6.07) is 0. The summed E-state index contributed by atoms with van der Waals surface area (Å²) in [5.74, 6) is 9.00. The Hall–Kier alpha value is -0.680. The number of fused-ring (bicyclic) bond motifs is 10. The SMILES string of the molecule is CC(C)CCC[C@@H](C)[C@H]1CC[C@H]2[C@@H]3CC=C4C[C@H](O)CC(OOC5C[C@@H](O)CC6=CC[C@H]7[C@@H]8CC[C@H]([C@H](C)CCCC(C)C)[C@@]8(C)CC[C@@H]7[C@]65C)[C@]4(C)[C@H]3CC[C@]12C. The number of rotatable bonds is 13. The highest BCUT2D eigenvalue weighted by atomic mass is 17.2. The Morgan fingerprint density at radius 3 is 1.33 bits per heavy atom. The van der Waals surface area contributed by atoms with E-state index >= 15 is 0 Å². The first kappa shape index (κ1) is 43.9. The normalized spacial score (nSPS) is 48.2. The van der Waals surface area contributed by atoms with E-state index in [0.29, 0.717) is 47.3 Å². The topological polar surface area (TPSA) is 58.9 Å². The second kappa shape index (κ2) is 16.8. The van der Waals surface area contributed by atoms with Crippen LogP contribution in [0.25, 0.3) is 0 Å². The fraction of sp³-hybridized carbons (Fsp3) is 0.926. The smallest absolute Gasteiger partial charge is 0.105 e. The standard InChI is InChI=1S/C54H90O4/c1-33(2)13-11-15-35(5)43-21-23-45-41-19-17-37-29-39(55)31-49(53(37,9)47(41)25-27-51(43,45)7)57-58-50-32-40(56)30-38-18-20-42-46-24-22-44(36(6)16-12-14-34(3)4)52(46,8)28-26-48(42)54(38,50)10/h17-18,33-36,39-50,55-56H,11-16,19-32H2,1-10H3/t35-,36-,39+,40+,41+,42+,43-,44-,45+,46+,47+,48+,49?,50?,51-,52-,53+,54+/m1/s1. The molecular formula is C54H90O4. The van der Waals surface area contributed by atoms with Gasteiger partial charge in [-0.15, -0.1) is 0 Å². The minimum absolute atomic E-state index is 0.121. The van der Waals surface area contributed by atoms with Gasteiger partial charge in [0.1, 0.15) is 12.2 Å². The second-order valence-corrected chi connectivity index (χ2v) is 24.7. The molecule has 0 radical (unpaired) electrons. The largest absolute Gasteiger partial charge is 0.393 e. The van der Waals surface area contributed by atoms with Gasteiger partial charge in [0.15, 0.2) is 0 Å². The van der Waals surface area contributed by atoms with Crippen LogP contribution in [-0.2, 0) is 9.78 Å². The summed E-state index contributed by atoms with van der Waals surface area (Å²) in [4.78, 5) is 14.0. The summed E-state index contributed by atoms with van der Waals surface area (Å²) in [6.07, 6.45) is 28.3. The molecule has 0 saturated heterocycles. The molecule has 8 aliphatic carbocycles. The number of allylic oxidation sites excluding steroid dienone is 2. The molecule has 4 heteroatoms. The van der Waals surface area contributed by atoms with E-state index in [-0.39, 0.29) is 35.2 Å². The lowest BCUT2D eigenvalue weighted by Gasteiger charge is -2.61. The molecule has 2 unspecified atom stereocenters. The van der Waals surface area contributed by atoms with Crippen LogP contribution in [0.3, 0.4) is 0 Å². The third kappa shape index (κ3) is 7.42. The number of hydrogen-bond acceptors (Lipinski definition) is 4. The monoisotopic (exact) mass is 803 g/mol. The van der Waals surface area contributed by atoms with Crippen molar-refractivity contribution in [1.82, 2.24) is 0 Å². The Bertz CT molecular complexity index is 1390. The highest BCUT2D eigenvalue weighted by Gasteiger charge is 2.64. The van der Waals surface area contributed by atoms with Gasteiger partial charge in [-0.05, 0) is 159 Å². The Morgan fingerprint density at radius 1 is 0.552 bits per heavy atom. The van der Waals surface area contributed by atoms with Crippen molar-refractivity contribution >= 4 is 0 Å². The third-order valence-corrected chi connectivity index (χ3v) is 21.0. The highest BCUT2D eigenvalue weighted by molar-refractivity contribution is 5.29. The van der Waals surface area contributed by atoms with Crippen LogP contribution in [0.1, 0.15) is 198 Å². The molecule has 6 saturated carbocycles. The Morgan fingerprint density at radius 2 is 0.948 bits per heavy atom. The molecule has 2 N–H and O–H groups in total. The second-order valence-electron chi connectivity index (χ2n) is 24.7. The van der Waals surface area contributed by atoms with Crippen molar-refractivity contribution in [3.8, 4) is 0 Å². The third-order valence-electron chi connectivity index (χ3n) is 21.0. The van der Waals surface area contributed by atoms with Gasteiger partial charge in [0, 0.05) is 23.7 Å². The van der Waals surface area contributed by atoms with Gasteiger partial charge in [-0.3, -0.25) is 0 Å². The van der Waals surface area contributed by atoms with Crippen molar-refractivity contribution in [2.24, 2.45) is 92.7 Å². The van der Waals surface area contributed by atoms with Crippen LogP contribution in [0.15, 0.2) is 23.3 Å². The molecule has 330 valence electrons. The molecule has 0 bridgehead atoms. The number of hydrogen-bond donors (Lipinski definition) is 2. The maximum Gasteiger partial charge on any atom is 0.105 e. The molecule has 0 heterocycles. The van der Waals surface area contributed by atoms with Gasteiger partial charge < -0.3 is 10.2 Å². The summed E-state index contributed by atoms with van der Waals surface area (Å²) < 4.78 is 0. The fourth-order valence-electron chi connectivity index (χ4n) is 17.8. The minimum Gasteiger partial charge on any atom is -0.393 e. The molecule has 8 aliphatic rings. The number of aliphatic hydroxyl groups is 2. The van der Waals surface area contributed by atoms with E-state index in [4.69, 9.17) is 9.78 Å². The van der Waals surface area contributed by atoms with Crippen LogP contribution in [0.2, 0.25) is 0 Å². The average Bonchev–Trinajstić information content (AvgIpc) is 3.71. The van der Waals surface area contributed by atoms with Gasteiger partial charge >= 0.3 is 0 Å². The van der Waals surface area contributed by atoms with Crippen LogP contribution in [0.4, 0.5) is 0 Å². The molecular weight excluding hydrogens is 713 g/mol. The Balaban J connectivity index is 0.988. The highest BCUT2D eigenvalue weighted by Crippen LogP contribution is 2.70. The lowest BCUT2D eigenvalue weighted by Crippen LogP contribution is -2.58. The first-order valence-electron chi connectivity index (χ1n) is 25.6. The van der Waals surface area contributed by atoms with E-state index < -0.39 is 0 Å². The van der Waals surface area contributed by atoms with E-state index in [1.165, 1.54) is 114 Å². The Kier molecular flexibility index (Phi) is 12.7.